The van der Waals surface area contributed by atoms with Crippen molar-refractivity contribution in [2.75, 3.05) is 18.1 Å². The van der Waals surface area contributed by atoms with Crippen LogP contribution in [0.25, 0.3) is 0 Å². The fourth-order valence-corrected chi connectivity index (χ4v) is 2.63. The summed E-state index contributed by atoms with van der Waals surface area (Å²) in [5.41, 5.74) is 0.679. The molecule has 134 valence electrons. The summed E-state index contributed by atoms with van der Waals surface area (Å²) >= 11 is 0. The van der Waals surface area contributed by atoms with Gasteiger partial charge in [-0.15, -0.1) is 0 Å². The number of nitrogens with zero attached hydrogens (tertiary/aromatic N) is 1. The second kappa shape index (κ2) is 7.35. The van der Waals surface area contributed by atoms with Crippen molar-refractivity contribution < 1.29 is 28.2 Å². The second-order valence-electron chi connectivity index (χ2n) is 5.75. The van der Waals surface area contributed by atoms with Crippen LogP contribution in [0.3, 0.4) is 0 Å². The number of rotatable bonds is 4. The number of halogens is 1. The van der Waals surface area contributed by atoms with Gasteiger partial charge in [0.2, 0.25) is 12.0 Å². The van der Waals surface area contributed by atoms with Crippen molar-refractivity contribution in [3.63, 3.8) is 0 Å². The highest BCUT2D eigenvalue weighted by Crippen LogP contribution is 2.33. The average molecular weight is 357 g/mol. The van der Waals surface area contributed by atoms with Gasteiger partial charge in [0, 0.05) is 12.5 Å². The molecule has 6 nitrogen and oxygen atoms in total. The van der Waals surface area contributed by atoms with Crippen LogP contribution in [0.2, 0.25) is 0 Å². The van der Waals surface area contributed by atoms with Crippen molar-refractivity contribution in [1.29, 1.82) is 0 Å². The number of benzene rings is 2. The molecule has 0 fully saturated rings. The Balaban J connectivity index is 1.67. The first kappa shape index (κ1) is 17.6. The molecule has 0 spiro atoms. The zero-order valence-electron chi connectivity index (χ0n) is 14.0. The molecule has 2 aromatic rings. The molecule has 0 bridgehead atoms. The molecule has 0 radical (unpaired) electrons. The highest BCUT2D eigenvalue weighted by Gasteiger charge is 2.33. The molecule has 1 aliphatic heterocycles. The third kappa shape index (κ3) is 3.72. The molecule has 26 heavy (non-hydrogen) atoms. The molecule has 0 aliphatic carbocycles. The van der Waals surface area contributed by atoms with E-state index < -0.39 is 30.3 Å². The lowest BCUT2D eigenvalue weighted by molar-refractivity contribution is -0.150. The minimum Gasteiger partial charge on any atom is -0.475 e. The lowest BCUT2D eigenvalue weighted by atomic mass is 10.1. The Morgan fingerprint density at radius 2 is 1.96 bits per heavy atom. The quantitative estimate of drug-likeness (QED) is 0.620. The van der Waals surface area contributed by atoms with E-state index in [1.54, 1.807) is 24.3 Å². The molecule has 1 aliphatic rings. The number of hydrogen-bond acceptors (Lipinski definition) is 5. The van der Waals surface area contributed by atoms with Gasteiger partial charge < -0.3 is 14.4 Å². The SMILES string of the molecule is CC(=O)N1C[C@H](C(=O)OCC(=O)c2cccc(F)c2)Oc2ccccc21. The Hall–Kier alpha value is -3.22. The molecule has 1 amide bonds. The van der Waals surface area contributed by atoms with Crippen LogP contribution in [0.1, 0.15) is 17.3 Å². The molecule has 0 unspecified atom stereocenters. The minimum atomic E-state index is -1.05. The number of ketones is 1. The van der Waals surface area contributed by atoms with Crippen LogP contribution in [0.15, 0.2) is 48.5 Å². The van der Waals surface area contributed by atoms with Gasteiger partial charge in [0.15, 0.2) is 12.4 Å². The lowest BCUT2D eigenvalue weighted by Crippen LogP contribution is -2.47. The van der Waals surface area contributed by atoms with Crippen molar-refractivity contribution in [3.05, 3.63) is 59.9 Å². The second-order valence-corrected chi connectivity index (χ2v) is 5.75. The van der Waals surface area contributed by atoms with Crippen LogP contribution in [0, 0.1) is 5.82 Å². The van der Waals surface area contributed by atoms with Crippen LogP contribution in [0.5, 0.6) is 5.75 Å². The molecule has 0 saturated heterocycles. The largest absolute Gasteiger partial charge is 0.475 e. The molecule has 2 aromatic carbocycles. The first-order valence-electron chi connectivity index (χ1n) is 7.95. The van der Waals surface area contributed by atoms with E-state index in [1.807, 2.05) is 0 Å². The summed E-state index contributed by atoms with van der Waals surface area (Å²) in [5.74, 6) is -1.71. The van der Waals surface area contributed by atoms with E-state index >= 15 is 0 Å². The van der Waals surface area contributed by atoms with Gasteiger partial charge in [-0.1, -0.05) is 24.3 Å². The topological polar surface area (TPSA) is 72.9 Å². The Labute approximate surface area is 149 Å². The van der Waals surface area contributed by atoms with Crippen LogP contribution >= 0.6 is 0 Å². The number of para-hydroxylation sites is 2. The van der Waals surface area contributed by atoms with Gasteiger partial charge in [-0.05, 0) is 24.3 Å². The first-order chi connectivity index (χ1) is 12.5. The van der Waals surface area contributed by atoms with Crippen LogP contribution in [-0.2, 0) is 14.3 Å². The van der Waals surface area contributed by atoms with E-state index in [0.29, 0.717) is 11.4 Å². The van der Waals surface area contributed by atoms with Gasteiger partial charge in [-0.25, -0.2) is 9.18 Å². The van der Waals surface area contributed by atoms with Gasteiger partial charge in [0.05, 0.1) is 12.2 Å². The highest BCUT2D eigenvalue weighted by atomic mass is 19.1. The van der Waals surface area contributed by atoms with Gasteiger partial charge in [0.25, 0.3) is 0 Å². The summed E-state index contributed by atoms with van der Waals surface area (Å²) in [5, 5.41) is 0. The Bertz CT molecular complexity index is 867. The van der Waals surface area contributed by atoms with E-state index in [1.165, 1.54) is 30.0 Å². The van der Waals surface area contributed by atoms with E-state index in [-0.39, 0.29) is 18.0 Å². The van der Waals surface area contributed by atoms with Gasteiger partial charge >= 0.3 is 5.97 Å². The summed E-state index contributed by atoms with van der Waals surface area (Å²) in [4.78, 5) is 37.5. The number of amides is 1. The van der Waals surface area contributed by atoms with Crippen molar-refractivity contribution in [1.82, 2.24) is 0 Å². The van der Waals surface area contributed by atoms with Crippen molar-refractivity contribution in [3.8, 4) is 5.75 Å². The standard InChI is InChI=1S/C19H16FNO5/c1-12(22)21-10-18(26-17-8-3-2-7-15(17)21)19(24)25-11-16(23)13-5-4-6-14(20)9-13/h2-9,18H,10-11H2,1H3/t18-/m1/s1. The molecular formula is C19H16FNO5. The predicted molar refractivity (Wildman–Crippen MR) is 90.6 cm³/mol. The van der Waals surface area contributed by atoms with Gasteiger partial charge in [-0.2, -0.15) is 0 Å². The third-order valence-corrected chi connectivity index (χ3v) is 3.91. The Kier molecular flexibility index (Phi) is 4.97. The summed E-state index contributed by atoms with van der Waals surface area (Å²) in [7, 11) is 0. The fraction of sp³-hybridized carbons (Fsp3) is 0.211. The van der Waals surface area contributed by atoms with Crippen molar-refractivity contribution in [2.45, 2.75) is 13.0 Å². The monoisotopic (exact) mass is 357 g/mol. The maximum atomic E-state index is 13.2. The van der Waals surface area contributed by atoms with Gasteiger partial charge in [0.1, 0.15) is 11.6 Å². The number of hydrogen-bond donors (Lipinski definition) is 0. The fourth-order valence-electron chi connectivity index (χ4n) is 2.63. The first-order valence-corrected chi connectivity index (χ1v) is 7.95. The van der Waals surface area contributed by atoms with Gasteiger partial charge in [-0.3, -0.25) is 9.59 Å². The maximum Gasteiger partial charge on any atom is 0.349 e. The number of carbonyl (C=O) groups excluding carboxylic acids is 3. The molecule has 0 saturated carbocycles. The summed E-state index contributed by atoms with van der Waals surface area (Å²) in [6, 6.07) is 12.0. The molecule has 7 heteroatoms. The highest BCUT2D eigenvalue weighted by molar-refractivity contribution is 5.98. The molecule has 0 N–H and O–H groups in total. The molecule has 1 heterocycles. The van der Waals surface area contributed by atoms with E-state index in [2.05, 4.69) is 0 Å². The summed E-state index contributed by atoms with van der Waals surface area (Å²) in [6.07, 6.45) is -1.05. The molecule has 3 rings (SSSR count). The Morgan fingerprint density at radius 1 is 1.19 bits per heavy atom. The summed E-state index contributed by atoms with van der Waals surface area (Å²) in [6.45, 7) is 0.834. The summed E-state index contributed by atoms with van der Waals surface area (Å²) < 4.78 is 23.8. The number of fused-ring (bicyclic) bond motifs is 1. The van der Waals surface area contributed by atoms with Crippen molar-refractivity contribution in [2.24, 2.45) is 0 Å². The number of anilines is 1. The molecule has 0 aromatic heterocycles. The smallest absolute Gasteiger partial charge is 0.349 e. The van der Waals surface area contributed by atoms with Crippen LogP contribution in [0.4, 0.5) is 10.1 Å². The molecular weight excluding hydrogens is 341 g/mol. The zero-order valence-corrected chi connectivity index (χ0v) is 14.0. The number of esters is 1. The maximum absolute atomic E-state index is 13.2. The van der Waals surface area contributed by atoms with Crippen LogP contribution < -0.4 is 9.64 Å². The van der Waals surface area contributed by atoms with Crippen molar-refractivity contribution >= 4 is 23.3 Å². The number of ether oxygens (including phenoxy) is 2. The average Bonchev–Trinajstić information content (AvgIpc) is 2.64. The number of carbonyl (C=O) groups is 3. The minimum absolute atomic E-state index is 0.0145. The molecule has 1 atom stereocenters. The lowest BCUT2D eigenvalue weighted by Gasteiger charge is -2.33. The third-order valence-electron chi connectivity index (χ3n) is 3.91. The van der Waals surface area contributed by atoms with E-state index in [0.717, 1.165) is 6.07 Å². The van der Waals surface area contributed by atoms with E-state index in [9.17, 15) is 18.8 Å². The normalized spacial score (nSPS) is 15.6. The number of Topliss-reactive ketones (excluding diaryl/α,β-unsaturated/α-hetero) is 1. The predicted octanol–water partition coefficient (Wildman–Crippen LogP) is 2.37. The zero-order chi connectivity index (χ0) is 18.7. The van der Waals surface area contributed by atoms with E-state index in [4.69, 9.17) is 9.47 Å². The van der Waals surface area contributed by atoms with Crippen LogP contribution in [-0.4, -0.2) is 36.9 Å². The Morgan fingerprint density at radius 3 is 2.69 bits per heavy atom.